The highest BCUT2D eigenvalue weighted by molar-refractivity contribution is 6.33. The molecule has 0 N–H and O–H groups in total. The molecule has 0 saturated carbocycles. The van der Waals surface area contributed by atoms with Crippen LogP contribution in [-0.4, -0.2) is 0 Å². The molecule has 0 amide bonds. The Hall–Kier alpha value is -6.18. The third-order valence-electron chi connectivity index (χ3n) is 10.0. The summed E-state index contributed by atoms with van der Waals surface area (Å²) in [5.74, 6) is 0. The lowest BCUT2D eigenvalue weighted by Gasteiger charge is -2.26. The number of nitrogens with zero attached hydrogens (tertiary/aromatic N) is 1. The Morgan fingerprint density at radius 2 is 0.717 bits per heavy atom. The van der Waals surface area contributed by atoms with E-state index in [1.807, 2.05) is 27.7 Å². The average Bonchev–Trinajstić information content (AvgIpc) is 3.23. The van der Waals surface area contributed by atoms with Crippen LogP contribution in [0.15, 0.2) is 176 Å². The number of hydrogen-bond acceptors (Lipinski definition) is 1. The van der Waals surface area contributed by atoms with E-state index in [2.05, 4.69) is 195 Å². The monoisotopic (exact) mass is 685 g/mol. The van der Waals surface area contributed by atoms with E-state index in [-0.39, 0.29) is 0 Å². The molecule has 0 unspecified atom stereocenters. The second-order valence-corrected chi connectivity index (χ2v) is 13.1. The van der Waals surface area contributed by atoms with Gasteiger partial charge in [0, 0.05) is 17.1 Å². The molecule has 10 rings (SSSR count). The Labute approximate surface area is 314 Å². The van der Waals surface area contributed by atoms with E-state index in [1.165, 1.54) is 75.8 Å². The lowest BCUT2D eigenvalue weighted by Crippen LogP contribution is -2.09. The van der Waals surface area contributed by atoms with Gasteiger partial charge >= 0.3 is 0 Å². The van der Waals surface area contributed by atoms with Crippen LogP contribution in [0, 0.1) is 13.8 Å². The van der Waals surface area contributed by atoms with Crippen LogP contribution in [0.25, 0.3) is 64.6 Å². The molecule has 260 valence electrons. The van der Waals surface area contributed by atoms with Crippen LogP contribution < -0.4 is 4.90 Å². The maximum atomic E-state index is 2.33. The van der Waals surface area contributed by atoms with Crippen molar-refractivity contribution >= 4 is 81.7 Å². The topological polar surface area (TPSA) is 3.24 Å². The van der Waals surface area contributed by atoms with Gasteiger partial charge in [-0.25, -0.2) is 0 Å². The number of anilines is 3. The lowest BCUT2D eigenvalue weighted by molar-refractivity contribution is 1.28. The van der Waals surface area contributed by atoms with E-state index >= 15 is 0 Å². The molecule has 0 radical (unpaired) electrons. The van der Waals surface area contributed by atoms with Crippen LogP contribution in [0.2, 0.25) is 0 Å². The molecule has 0 aliphatic carbocycles. The smallest absolute Gasteiger partial charge is 0.0468 e. The molecule has 0 spiro atoms. The van der Waals surface area contributed by atoms with Crippen LogP contribution in [0.1, 0.15) is 38.8 Å². The molecule has 1 nitrogen and oxygen atoms in total. The van der Waals surface area contributed by atoms with E-state index in [9.17, 15) is 0 Å². The van der Waals surface area contributed by atoms with Crippen LogP contribution >= 0.6 is 0 Å². The van der Waals surface area contributed by atoms with Crippen LogP contribution in [-0.2, 0) is 0 Å². The van der Waals surface area contributed by atoms with Crippen LogP contribution in [0.5, 0.6) is 0 Å². The zero-order valence-corrected chi connectivity index (χ0v) is 31.7. The van der Waals surface area contributed by atoms with Gasteiger partial charge < -0.3 is 4.90 Å². The fourth-order valence-corrected chi connectivity index (χ4v) is 7.56. The number of hydrogen-bond donors (Lipinski definition) is 0. The molecule has 10 aromatic rings. The molecule has 0 saturated heterocycles. The van der Waals surface area contributed by atoms with Gasteiger partial charge in [-0.1, -0.05) is 173 Å². The molecular weight excluding hydrogens is 639 g/mol. The summed E-state index contributed by atoms with van der Waals surface area (Å²) in [7, 11) is 0. The van der Waals surface area contributed by atoms with Gasteiger partial charge in [-0.05, 0) is 120 Å². The minimum Gasteiger partial charge on any atom is -0.310 e. The second kappa shape index (κ2) is 15.6. The Kier molecular flexibility index (Phi) is 10.4. The number of benzene rings is 10. The first-order valence-corrected chi connectivity index (χ1v) is 19.0. The summed E-state index contributed by atoms with van der Waals surface area (Å²) < 4.78 is 0. The largest absolute Gasteiger partial charge is 0.310 e. The Morgan fingerprint density at radius 1 is 0.302 bits per heavy atom. The van der Waals surface area contributed by atoms with E-state index in [1.54, 1.807) is 0 Å². The van der Waals surface area contributed by atoms with Gasteiger partial charge in [0.15, 0.2) is 0 Å². The van der Waals surface area contributed by atoms with Gasteiger partial charge in [0.2, 0.25) is 0 Å². The van der Waals surface area contributed by atoms with Crippen molar-refractivity contribution < 1.29 is 0 Å². The molecule has 0 fully saturated rings. The minimum atomic E-state index is 1.16. The van der Waals surface area contributed by atoms with Gasteiger partial charge in [-0.3, -0.25) is 0 Å². The van der Waals surface area contributed by atoms with Crippen molar-refractivity contribution in [3.8, 4) is 0 Å². The first-order chi connectivity index (χ1) is 26.1. The molecular formula is C52H47N. The Balaban J connectivity index is 0.000000155. The quantitative estimate of drug-likeness (QED) is 0.132. The standard InChI is InChI=1S/C27H21N.C21H14.2C2H6/c1-20-10-14-25(15-11-20)28(26-16-12-21-6-2-4-8-23(21)18-26)27-17-13-22-7-3-5-9-24(22)19-27;1-13-11-12-19-17-9-3-6-14-5-2-8-16(20(14)17)18-10-4-7-15(13)21(18)19;2*1-2/h2-19H,1H3;2-12H,1H3;2*1-2H3. The van der Waals surface area contributed by atoms with E-state index in [0.717, 1.165) is 17.1 Å². The van der Waals surface area contributed by atoms with Crippen molar-refractivity contribution in [1.82, 2.24) is 0 Å². The van der Waals surface area contributed by atoms with Crippen molar-refractivity contribution in [2.24, 2.45) is 0 Å². The summed E-state index contributed by atoms with van der Waals surface area (Å²) in [5.41, 5.74) is 6.11. The molecule has 53 heavy (non-hydrogen) atoms. The van der Waals surface area contributed by atoms with E-state index in [0.29, 0.717) is 0 Å². The van der Waals surface area contributed by atoms with E-state index < -0.39 is 0 Å². The lowest BCUT2D eigenvalue weighted by atomic mass is 9.89. The summed E-state index contributed by atoms with van der Waals surface area (Å²) >= 11 is 0. The summed E-state index contributed by atoms with van der Waals surface area (Å²) in [5, 5.41) is 16.0. The normalized spacial score (nSPS) is 10.8. The fraction of sp³-hybridized carbons (Fsp3) is 0.115. The summed E-state index contributed by atoms with van der Waals surface area (Å²) in [6.45, 7) is 12.3. The van der Waals surface area contributed by atoms with Gasteiger partial charge in [-0.15, -0.1) is 0 Å². The molecule has 0 aromatic heterocycles. The molecule has 10 aromatic carbocycles. The number of rotatable bonds is 3. The second-order valence-electron chi connectivity index (χ2n) is 13.1. The summed E-state index contributed by atoms with van der Waals surface area (Å²) in [4.78, 5) is 2.33. The highest BCUT2D eigenvalue weighted by atomic mass is 15.1. The van der Waals surface area contributed by atoms with Crippen molar-refractivity contribution in [3.05, 3.63) is 187 Å². The SMILES string of the molecule is CC.CC.Cc1ccc(N(c2ccc3ccccc3c2)c2ccc3ccccc3c2)cc1.Cc1ccc2c3cccc4cccc(c5cccc1c52)c43. The van der Waals surface area contributed by atoms with Crippen molar-refractivity contribution in [2.45, 2.75) is 41.5 Å². The summed E-state index contributed by atoms with van der Waals surface area (Å²) in [6, 6.07) is 63.6. The number of fused-ring (bicyclic) bond motifs is 4. The molecule has 0 heterocycles. The van der Waals surface area contributed by atoms with Crippen LogP contribution in [0.3, 0.4) is 0 Å². The average molecular weight is 686 g/mol. The maximum absolute atomic E-state index is 2.33. The van der Waals surface area contributed by atoms with E-state index in [4.69, 9.17) is 0 Å². The van der Waals surface area contributed by atoms with Gasteiger partial charge in [-0.2, -0.15) is 0 Å². The summed E-state index contributed by atoms with van der Waals surface area (Å²) in [6.07, 6.45) is 0. The highest BCUT2D eigenvalue weighted by Gasteiger charge is 2.14. The third-order valence-corrected chi connectivity index (χ3v) is 10.0. The molecule has 1 heteroatoms. The van der Waals surface area contributed by atoms with Crippen molar-refractivity contribution in [3.63, 3.8) is 0 Å². The zero-order chi connectivity index (χ0) is 36.9. The van der Waals surface area contributed by atoms with Crippen LogP contribution in [0.4, 0.5) is 17.1 Å². The number of aryl methyl sites for hydroxylation is 2. The zero-order valence-electron chi connectivity index (χ0n) is 31.7. The first-order valence-electron chi connectivity index (χ1n) is 19.0. The highest BCUT2D eigenvalue weighted by Crippen LogP contribution is 2.41. The van der Waals surface area contributed by atoms with Gasteiger partial charge in [0.25, 0.3) is 0 Å². The maximum Gasteiger partial charge on any atom is 0.0468 e. The van der Waals surface area contributed by atoms with Crippen molar-refractivity contribution in [2.75, 3.05) is 4.90 Å². The van der Waals surface area contributed by atoms with Crippen molar-refractivity contribution in [1.29, 1.82) is 0 Å². The molecule has 0 atom stereocenters. The third kappa shape index (κ3) is 6.67. The Bertz CT molecular complexity index is 2660. The molecule has 0 aliphatic heterocycles. The molecule has 0 bridgehead atoms. The fourth-order valence-electron chi connectivity index (χ4n) is 7.56. The predicted molar refractivity (Wildman–Crippen MR) is 236 cm³/mol. The molecule has 0 aliphatic rings. The Morgan fingerprint density at radius 3 is 1.26 bits per heavy atom. The van der Waals surface area contributed by atoms with Gasteiger partial charge in [0.05, 0.1) is 0 Å². The minimum absolute atomic E-state index is 1.16. The predicted octanol–water partition coefficient (Wildman–Crippen LogP) is 15.9. The van der Waals surface area contributed by atoms with Gasteiger partial charge in [0.1, 0.15) is 0 Å². The first kappa shape index (κ1) is 35.2.